The van der Waals surface area contributed by atoms with Crippen molar-refractivity contribution in [3.63, 3.8) is 0 Å². The Bertz CT molecular complexity index is 651. The van der Waals surface area contributed by atoms with Gasteiger partial charge in [-0.3, -0.25) is 19.2 Å². The van der Waals surface area contributed by atoms with Crippen molar-refractivity contribution in [2.75, 3.05) is 0 Å². The molecule has 0 aromatic heterocycles. The summed E-state index contributed by atoms with van der Waals surface area (Å²) in [5, 5.41) is 25.7. The fourth-order valence-electron chi connectivity index (χ4n) is 2.75. The summed E-state index contributed by atoms with van der Waals surface area (Å²) >= 11 is 0. The minimum Gasteiger partial charge on any atom is -0.481 e. The van der Waals surface area contributed by atoms with Gasteiger partial charge < -0.3 is 31.9 Å². The maximum atomic E-state index is 12.8. The number of carboxylic acid groups (broad SMARTS) is 2. The van der Waals surface area contributed by atoms with Gasteiger partial charge in [0.1, 0.15) is 18.1 Å². The molecular formula is C20H36N4O7. The summed E-state index contributed by atoms with van der Waals surface area (Å²) in [7, 11) is 0. The molecule has 0 saturated carbocycles. The van der Waals surface area contributed by atoms with Gasteiger partial charge in [0.15, 0.2) is 0 Å². The van der Waals surface area contributed by atoms with Gasteiger partial charge in [-0.1, -0.05) is 34.1 Å². The molecule has 5 atom stereocenters. The lowest BCUT2D eigenvalue weighted by Gasteiger charge is -2.28. The molecule has 0 aromatic rings. The van der Waals surface area contributed by atoms with E-state index in [1.807, 2.05) is 13.8 Å². The SMILES string of the molecule is CCC(C)C(NC(=O)C(CCC(=O)O)NC(=O)C(C)N)C(=O)NC(CC(C)C)C(=O)O. The second-order valence-corrected chi connectivity index (χ2v) is 8.18. The molecule has 11 heteroatoms. The largest absolute Gasteiger partial charge is 0.481 e. The molecule has 31 heavy (non-hydrogen) atoms. The third-order valence-corrected chi connectivity index (χ3v) is 4.81. The highest BCUT2D eigenvalue weighted by molar-refractivity contribution is 5.94. The zero-order chi connectivity index (χ0) is 24.3. The number of hydrogen-bond acceptors (Lipinski definition) is 6. The maximum absolute atomic E-state index is 12.8. The molecule has 3 amide bonds. The molecule has 5 unspecified atom stereocenters. The molecule has 7 N–H and O–H groups in total. The number of nitrogens with two attached hydrogens (primary N) is 1. The molecule has 0 aromatic carbocycles. The summed E-state index contributed by atoms with van der Waals surface area (Å²) in [4.78, 5) is 59.9. The molecular weight excluding hydrogens is 408 g/mol. The van der Waals surface area contributed by atoms with Crippen molar-refractivity contribution < 1.29 is 34.2 Å². The maximum Gasteiger partial charge on any atom is 0.326 e. The predicted octanol–water partition coefficient (Wildman–Crippen LogP) is -0.170. The molecule has 11 nitrogen and oxygen atoms in total. The van der Waals surface area contributed by atoms with Crippen molar-refractivity contribution in [2.45, 2.75) is 84.5 Å². The van der Waals surface area contributed by atoms with Crippen LogP contribution in [0.25, 0.3) is 0 Å². The van der Waals surface area contributed by atoms with Crippen molar-refractivity contribution in [1.29, 1.82) is 0 Å². The van der Waals surface area contributed by atoms with Gasteiger partial charge in [0, 0.05) is 6.42 Å². The summed E-state index contributed by atoms with van der Waals surface area (Å²) in [5.41, 5.74) is 5.50. The minimum absolute atomic E-state index is 0.0203. The normalized spacial score (nSPS) is 15.8. The van der Waals surface area contributed by atoms with Gasteiger partial charge in [-0.25, -0.2) is 4.79 Å². The summed E-state index contributed by atoms with van der Waals surface area (Å²) < 4.78 is 0. The lowest BCUT2D eigenvalue weighted by Crippen LogP contribution is -2.58. The third kappa shape index (κ3) is 10.8. The number of rotatable bonds is 14. The molecule has 0 heterocycles. The van der Waals surface area contributed by atoms with Crippen LogP contribution in [-0.2, 0) is 24.0 Å². The Balaban J connectivity index is 5.52. The van der Waals surface area contributed by atoms with E-state index in [1.54, 1.807) is 13.8 Å². The molecule has 0 fully saturated rings. The van der Waals surface area contributed by atoms with E-state index < -0.39 is 53.8 Å². The van der Waals surface area contributed by atoms with Crippen LogP contribution in [0, 0.1) is 11.8 Å². The Hall–Kier alpha value is -2.69. The molecule has 0 spiro atoms. The van der Waals surface area contributed by atoms with E-state index in [-0.39, 0.29) is 31.1 Å². The van der Waals surface area contributed by atoms with Crippen molar-refractivity contribution in [1.82, 2.24) is 16.0 Å². The fourth-order valence-corrected chi connectivity index (χ4v) is 2.75. The molecule has 0 rings (SSSR count). The lowest BCUT2D eigenvalue weighted by atomic mass is 9.96. The van der Waals surface area contributed by atoms with Crippen molar-refractivity contribution in [2.24, 2.45) is 17.6 Å². The first-order chi connectivity index (χ1) is 14.3. The molecule has 178 valence electrons. The van der Waals surface area contributed by atoms with Crippen LogP contribution in [0.2, 0.25) is 0 Å². The third-order valence-electron chi connectivity index (χ3n) is 4.81. The van der Waals surface area contributed by atoms with Crippen molar-refractivity contribution in [3.8, 4) is 0 Å². The van der Waals surface area contributed by atoms with Gasteiger partial charge in [0.2, 0.25) is 17.7 Å². The zero-order valence-electron chi connectivity index (χ0n) is 18.8. The first kappa shape index (κ1) is 28.3. The van der Waals surface area contributed by atoms with Gasteiger partial charge in [-0.05, 0) is 31.6 Å². The molecule has 0 bridgehead atoms. The van der Waals surface area contributed by atoms with Gasteiger partial charge in [-0.15, -0.1) is 0 Å². The fraction of sp³-hybridized carbons (Fsp3) is 0.750. The summed E-state index contributed by atoms with van der Waals surface area (Å²) in [5.74, 6) is -4.70. The van der Waals surface area contributed by atoms with Crippen molar-refractivity contribution in [3.05, 3.63) is 0 Å². The molecule has 0 aliphatic rings. The number of hydrogen-bond donors (Lipinski definition) is 6. The molecule has 0 aliphatic carbocycles. The quantitative estimate of drug-likeness (QED) is 0.213. The van der Waals surface area contributed by atoms with E-state index in [0.29, 0.717) is 6.42 Å². The van der Waals surface area contributed by atoms with Gasteiger partial charge in [-0.2, -0.15) is 0 Å². The van der Waals surface area contributed by atoms with Gasteiger partial charge >= 0.3 is 11.9 Å². The van der Waals surface area contributed by atoms with E-state index in [2.05, 4.69) is 16.0 Å². The molecule has 0 saturated heterocycles. The molecule has 0 aliphatic heterocycles. The van der Waals surface area contributed by atoms with E-state index >= 15 is 0 Å². The van der Waals surface area contributed by atoms with E-state index in [1.165, 1.54) is 6.92 Å². The minimum atomic E-state index is -1.21. The van der Waals surface area contributed by atoms with Crippen LogP contribution in [0.5, 0.6) is 0 Å². The van der Waals surface area contributed by atoms with E-state index in [4.69, 9.17) is 10.8 Å². The number of nitrogens with one attached hydrogen (secondary N) is 3. The van der Waals surface area contributed by atoms with E-state index in [0.717, 1.165) is 0 Å². The standard InChI is InChI=1S/C20H36N4O7/c1-6-11(4)16(19(29)23-14(20(30)31)9-10(2)3)24-18(28)13(7-8-15(25)26)22-17(27)12(5)21/h10-14,16H,6-9,21H2,1-5H3,(H,22,27)(H,23,29)(H,24,28)(H,25,26)(H,30,31). The van der Waals surface area contributed by atoms with Crippen LogP contribution >= 0.6 is 0 Å². The summed E-state index contributed by atoms with van der Waals surface area (Å²) in [6, 6.07) is -4.30. The lowest BCUT2D eigenvalue weighted by molar-refractivity contribution is -0.143. The second-order valence-electron chi connectivity index (χ2n) is 8.18. The second kappa shape index (κ2) is 13.6. The predicted molar refractivity (Wildman–Crippen MR) is 113 cm³/mol. The highest BCUT2D eigenvalue weighted by Crippen LogP contribution is 2.12. The zero-order valence-corrected chi connectivity index (χ0v) is 18.8. The summed E-state index contributed by atoms with van der Waals surface area (Å²) in [6.07, 6.45) is 0.146. The number of carboxylic acids is 2. The van der Waals surface area contributed by atoms with Crippen LogP contribution in [0.15, 0.2) is 0 Å². The van der Waals surface area contributed by atoms with E-state index in [9.17, 15) is 29.1 Å². The topological polar surface area (TPSA) is 188 Å². The summed E-state index contributed by atoms with van der Waals surface area (Å²) in [6.45, 7) is 8.58. The van der Waals surface area contributed by atoms with Crippen molar-refractivity contribution >= 4 is 29.7 Å². The first-order valence-electron chi connectivity index (χ1n) is 10.4. The van der Waals surface area contributed by atoms with Gasteiger partial charge in [0.25, 0.3) is 0 Å². The highest BCUT2D eigenvalue weighted by atomic mass is 16.4. The smallest absolute Gasteiger partial charge is 0.326 e. The Morgan fingerprint density at radius 2 is 1.39 bits per heavy atom. The Kier molecular flexibility index (Phi) is 12.4. The number of carbonyl (C=O) groups excluding carboxylic acids is 3. The van der Waals surface area contributed by atoms with Crippen LogP contribution in [0.4, 0.5) is 0 Å². The molecule has 0 radical (unpaired) electrons. The average Bonchev–Trinajstić information content (AvgIpc) is 2.66. The average molecular weight is 445 g/mol. The Labute approximate surface area is 182 Å². The van der Waals surface area contributed by atoms with Crippen LogP contribution < -0.4 is 21.7 Å². The van der Waals surface area contributed by atoms with Gasteiger partial charge in [0.05, 0.1) is 6.04 Å². The number of carbonyl (C=O) groups is 5. The van der Waals surface area contributed by atoms with Crippen LogP contribution in [0.3, 0.4) is 0 Å². The first-order valence-corrected chi connectivity index (χ1v) is 10.4. The Morgan fingerprint density at radius 1 is 0.839 bits per heavy atom. The van der Waals surface area contributed by atoms with Crippen LogP contribution in [-0.4, -0.2) is 64.0 Å². The monoisotopic (exact) mass is 444 g/mol. The highest BCUT2D eigenvalue weighted by Gasteiger charge is 2.32. The number of aliphatic carboxylic acids is 2. The van der Waals surface area contributed by atoms with Crippen LogP contribution in [0.1, 0.15) is 60.3 Å². The number of amides is 3. The Morgan fingerprint density at radius 3 is 1.81 bits per heavy atom.